The summed E-state index contributed by atoms with van der Waals surface area (Å²) < 4.78 is 5.44. The fourth-order valence-electron chi connectivity index (χ4n) is 4.36. The Morgan fingerprint density at radius 1 is 1.07 bits per heavy atom. The summed E-state index contributed by atoms with van der Waals surface area (Å²) in [6.07, 6.45) is 9.23. The van der Waals surface area contributed by atoms with Gasteiger partial charge in [-0.1, -0.05) is 0 Å². The normalized spacial score (nSPS) is 19.4. The molecule has 4 heterocycles. The Morgan fingerprint density at radius 2 is 1.93 bits per heavy atom. The summed E-state index contributed by atoms with van der Waals surface area (Å²) in [5, 5.41) is 4.83. The molecule has 0 amide bonds. The number of fused-ring (bicyclic) bond motifs is 3. The van der Waals surface area contributed by atoms with Gasteiger partial charge in [-0.3, -0.25) is 0 Å². The van der Waals surface area contributed by atoms with Crippen molar-refractivity contribution in [1.82, 2.24) is 15.0 Å². The molecule has 0 bridgehead atoms. The van der Waals surface area contributed by atoms with Crippen LogP contribution in [0.5, 0.6) is 0 Å². The van der Waals surface area contributed by atoms with Crippen LogP contribution in [0.3, 0.4) is 0 Å². The van der Waals surface area contributed by atoms with Gasteiger partial charge in [0.25, 0.3) is 0 Å². The second-order valence-electron chi connectivity index (χ2n) is 8.23. The smallest absolute Gasteiger partial charge is 0.143 e. The molecule has 0 aromatic carbocycles. The molecule has 0 atom stereocenters. The van der Waals surface area contributed by atoms with Crippen LogP contribution in [-0.2, 0) is 17.6 Å². The maximum Gasteiger partial charge on any atom is 0.143 e. The molecule has 1 saturated heterocycles. The van der Waals surface area contributed by atoms with Crippen molar-refractivity contribution in [3.8, 4) is 0 Å². The zero-order valence-corrected chi connectivity index (χ0v) is 17.3. The van der Waals surface area contributed by atoms with Crippen molar-refractivity contribution in [2.24, 2.45) is 0 Å². The Hall–Kier alpha value is -2.25. The first kappa shape index (κ1) is 17.6. The second-order valence-corrected chi connectivity index (χ2v) is 9.31. The predicted molar refractivity (Wildman–Crippen MR) is 117 cm³/mol. The fraction of sp³-hybridized carbons (Fsp3) is 0.500. The lowest BCUT2D eigenvalue weighted by Crippen LogP contribution is -2.36. The third kappa shape index (κ3) is 3.36. The Labute approximate surface area is 174 Å². The van der Waals surface area contributed by atoms with Gasteiger partial charge in [-0.2, -0.15) is 0 Å². The van der Waals surface area contributed by atoms with Crippen LogP contribution in [0, 0.1) is 0 Å². The van der Waals surface area contributed by atoms with E-state index in [4.69, 9.17) is 19.7 Å². The van der Waals surface area contributed by atoms with Crippen LogP contribution in [-0.4, -0.2) is 41.3 Å². The van der Waals surface area contributed by atoms with Crippen LogP contribution in [0.2, 0.25) is 0 Å². The number of nitrogens with one attached hydrogen (secondary N) is 1. The van der Waals surface area contributed by atoms with Crippen molar-refractivity contribution in [3.05, 3.63) is 34.6 Å². The van der Waals surface area contributed by atoms with E-state index in [1.165, 1.54) is 47.9 Å². The molecule has 1 saturated carbocycles. The molecule has 0 unspecified atom stereocenters. The minimum Gasteiger partial charge on any atom is -0.378 e. The molecule has 6 nitrogen and oxygen atoms in total. The maximum atomic E-state index is 5.44. The summed E-state index contributed by atoms with van der Waals surface area (Å²) in [5.74, 6) is 3.54. The monoisotopic (exact) mass is 407 g/mol. The van der Waals surface area contributed by atoms with Crippen molar-refractivity contribution in [2.75, 3.05) is 36.5 Å². The number of rotatable bonds is 4. The molecule has 0 spiro atoms. The highest BCUT2D eigenvalue weighted by atomic mass is 32.1. The summed E-state index contributed by atoms with van der Waals surface area (Å²) >= 11 is 1.88. The van der Waals surface area contributed by atoms with Gasteiger partial charge >= 0.3 is 0 Å². The van der Waals surface area contributed by atoms with Gasteiger partial charge in [0.2, 0.25) is 0 Å². The summed E-state index contributed by atoms with van der Waals surface area (Å²) in [7, 11) is 0. The van der Waals surface area contributed by atoms with E-state index in [1.54, 1.807) is 0 Å². The lowest BCUT2D eigenvalue weighted by molar-refractivity contribution is 0.122. The number of nitrogens with zero attached hydrogens (tertiary/aromatic N) is 4. The number of anilines is 3. The second kappa shape index (κ2) is 7.22. The number of aromatic nitrogens is 3. The molecule has 2 aliphatic carbocycles. The third-order valence-corrected chi connectivity index (χ3v) is 7.31. The largest absolute Gasteiger partial charge is 0.378 e. The van der Waals surface area contributed by atoms with E-state index in [2.05, 4.69) is 22.3 Å². The van der Waals surface area contributed by atoms with Crippen LogP contribution < -0.4 is 10.2 Å². The first-order chi connectivity index (χ1) is 14.3. The lowest BCUT2D eigenvalue weighted by Gasteiger charge is -2.27. The number of aryl methyl sites for hydroxylation is 2. The first-order valence-electron chi connectivity index (χ1n) is 10.7. The van der Waals surface area contributed by atoms with E-state index in [0.29, 0.717) is 5.92 Å². The molecule has 3 aromatic rings. The molecule has 1 N–H and O–H groups in total. The SMILES string of the molecule is c1cc(N2CCOCC2)ncc1Nc1nc(C2CC2)nc2sc3c(c12)CCCC3. The highest BCUT2D eigenvalue weighted by Gasteiger charge is 2.29. The highest BCUT2D eigenvalue weighted by molar-refractivity contribution is 7.19. The summed E-state index contributed by atoms with van der Waals surface area (Å²) in [4.78, 5) is 19.6. The number of morpholine rings is 1. The number of hydrogen-bond donors (Lipinski definition) is 1. The van der Waals surface area contributed by atoms with Crippen LogP contribution in [0.15, 0.2) is 18.3 Å². The summed E-state index contributed by atoms with van der Waals surface area (Å²) in [6, 6.07) is 4.21. The first-order valence-corrected chi connectivity index (χ1v) is 11.5. The third-order valence-electron chi connectivity index (χ3n) is 6.12. The van der Waals surface area contributed by atoms with E-state index in [-0.39, 0.29) is 0 Å². The van der Waals surface area contributed by atoms with Gasteiger partial charge in [0, 0.05) is 23.9 Å². The molecule has 150 valence electrons. The van der Waals surface area contributed by atoms with Gasteiger partial charge in [-0.05, 0) is 56.2 Å². The molecule has 1 aliphatic heterocycles. The van der Waals surface area contributed by atoms with Crippen LogP contribution in [0.1, 0.15) is 47.9 Å². The van der Waals surface area contributed by atoms with E-state index in [9.17, 15) is 0 Å². The number of pyridine rings is 1. The molecule has 3 aromatic heterocycles. The summed E-state index contributed by atoms with van der Waals surface area (Å²) in [6.45, 7) is 3.35. The van der Waals surface area contributed by atoms with Crippen molar-refractivity contribution in [1.29, 1.82) is 0 Å². The Kier molecular flexibility index (Phi) is 4.38. The van der Waals surface area contributed by atoms with E-state index >= 15 is 0 Å². The fourth-order valence-corrected chi connectivity index (χ4v) is 5.63. The average Bonchev–Trinajstić information content (AvgIpc) is 3.55. The zero-order chi connectivity index (χ0) is 19.2. The van der Waals surface area contributed by atoms with Crippen molar-refractivity contribution >= 4 is 38.9 Å². The van der Waals surface area contributed by atoms with Gasteiger partial charge < -0.3 is 15.0 Å². The van der Waals surface area contributed by atoms with Crippen molar-refractivity contribution in [3.63, 3.8) is 0 Å². The molecule has 7 heteroatoms. The minimum absolute atomic E-state index is 0.542. The van der Waals surface area contributed by atoms with Crippen LogP contribution in [0.25, 0.3) is 10.2 Å². The van der Waals surface area contributed by atoms with Crippen LogP contribution >= 0.6 is 11.3 Å². The molecule has 0 radical (unpaired) electrons. The Balaban J connectivity index is 1.35. The zero-order valence-electron chi connectivity index (χ0n) is 16.5. The molecule has 29 heavy (non-hydrogen) atoms. The van der Waals surface area contributed by atoms with Crippen molar-refractivity contribution in [2.45, 2.75) is 44.4 Å². The Morgan fingerprint density at radius 3 is 2.72 bits per heavy atom. The van der Waals surface area contributed by atoms with Crippen LogP contribution in [0.4, 0.5) is 17.3 Å². The molecule has 6 rings (SSSR count). The van der Waals surface area contributed by atoms with Gasteiger partial charge in [-0.15, -0.1) is 11.3 Å². The van der Waals surface area contributed by atoms with E-state index < -0.39 is 0 Å². The molecular weight excluding hydrogens is 382 g/mol. The number of thiophene rings is 1. The van der Waals surface area contributed by atoms with Gasteiger partial charge in [-0.25, -0.2) is 15.0 Å². The average molecular weight is 408 g/mol. The van der Waals surface area contributed by atoms with Gasteiger partial charge in [0.15, 0.2) is 0 Å². The number of ether oxygens (including phenoxy) is 1. The molecular formula is C22H25N5OS. The Bertz CT molecular complexity index is 1040. The molecule has 2 fully saturated rings. The van der Waals surface area contributed by atoms with Gasteiger partial charge in [0.05, 0.1) is 30.5 Å². The number of hydrogen-bond acceptors (Lipinski definition) is 7. The highest BCUT2D eigenvalue weighted by Crippen LogP contribution is 2.43. The quantitative estimate of drug-likeness (QED) is 0.691. The lowest BCUT2D eigenvalue weighted by atomic mass is 9.97. The topological polar surface area (TPSA) is 63.2 Å². The van der Waals surface area contributed by atoms with Gasteiger partial charge in [0.1, 0.15) is 22.3 Å². The van der Waals surface area contributed by atoms with E-state index in [1.807, 2.05) is 17.5 Å². The predicted octanol–water partition coefficient (Wildman–Crippen LogP) is 4.42. The maximum absolute atomic E-state index is 5.44. The van der Waals surface area contributed by atoms with E-state index in [0.717, 1.165) is 60.7 Å². The summed E-state index contributed by atoms with van der Waals surface area (Å²) in [5.41, 5.74) is 2.46. The minimum atomic E-state index is 0.542. The standard InChI is InChI=1S/C22H25N5OS/c1-2-4-17-16(3-1)19-21(25-20(14-5-6-14)26-22(19)29-17)24-15-7-8-18(23-13-15)27-9-11-28-12-10-27/h7-8,13-14H,1-6,9-12H2,(H,24,25,26). The molecule has 3 aliphatic rings. The van der Waals surface area contributed by atoms with Crippen molar-refractivity contribution < 1.29 is 4.74 Å².